The number of hydrogen-bond acceptors (Lipinski definition) is 7. The van der Waals surface area contributed by atoms with Gasteiger partial charge in [-0.05, 0) is 17.7 Å². The average Bonchev–Trinajstić information content (AvgIpc) is 2.45. The minimum absolute atomic E-state index is 0.0119. The summed E-state index contributed by atoms with van der Waals surface area (Å²) in [6.07, 6.45) is -0.528. The van der Waals surface area contributed by atoms with Gasteiger partial charge in [-0.2, -0.15) is 0 Å². The maximum Gasteiger partial charge on any atom is 0.331 e. The lowest BCUT2D eigenvalue weighted by atomic mass is 9.96. The fourth-order valence-corrected chi connectivity index (χ4v) is 2.31. The Balaban J connectivity index is 1.97. The molecule has 1 fully saturated rings. The average molecular weight is 334 g/mol. The van der Waals surface area contributed by atoms with Crippen LogP contribution in [0.2, 0.25) is 0 Å². The smallest absolute Gasteiger partial charge is 0.331 e. The molecule has 0 atom stereocenters. The van der Waals surface area contributed by atoms with Crippen LogP contribution in [0.5, 0.6) is 5.75 Å². The Morgan fingerprint density at radius 1 is 1.08 bits per heavy atom. The van der Waals surface area contributed by atoms with E-state index in [-0.39, 0.29) is 6.42 Å². The van der Waals surface area contributed by atoms with E-state index in [4.69, 9.17) is 14.2 Å². The molecule has 1 aromatic rings. The molecule has 0 aliphatic carbocycles. The molecule has 0 amide bonds. The molecule has 0 unspecified atom stereocenters. The molecule has 1 aliphatic heterocycles. The summed E-state index contributed by atoms with van der Waals surface area (Å²) in [5.74, 6) is -5.65. The topological polar surface area (TPSA) is 96.0 Å². The van der Waals surface area contributed by atoms with Gasteiger partial charge in [0.1, 0.15) is 11.5 Å². The molecular weight excluding hydrogens is 316 g/mol. The summed E-state index contributed by atoms with van der Waals surface area (Å²) in [5.41, 5.74) is 0.698. The fraction of sp³-hybridized carbons (Fsp3) is 0.412. The van der Waals surface area contributed by atoms with Crippen LogP contribution in [0.3, 0.4) is 0 Å². The lowest BCUT2D eigenvalue weighted by Crippen LogP contribution is -2.49. The maximum atomic E-state index is 12.1. The molecule has 2 rings (SSSR count). The summed E-state index contributed by atoms with van der Waals surface area (Å²) < 4.78 is 14.8. The molecule has 0 bridgehead atoms. The first-order chi connectivity index (χ1) is 11.2. The van der Waals surface area contributed by atoms with Crippen molar-refractivity contribution in [1.29, 1.82) is 0 Å². The summed E-state index contributed by atoms with van der Waals surface area (Å²) >= 11 is 0. The van der Waals surface area contributed by atoms with Gasteiger partial charge in [-0.15, -0.1) is 0 Å². The Bertz CT molecular complexity index is 653. The van der Waals surface area contributed by atoms with Crippen LogP contribution in [-0.2, 0) is 35.1 Å². The monoisotopic (exact) mass is 334 g/mol. The molecule has 24 heavy (non-hydrogen) atoms. The number of carbonyl (C=O) groups is 4. The zero-order valence-electron chi connectivity index (χ0n) is 13.7. The quantitative estimate of drug-likeness (QED) is 0.570. The van der Waals surface area contributed by atoms with Gasteiger partial charge < -0.3 is 14.2 Å². The van der Waals surface area contributed by atoms with Crippen LogP contribution in [0, 0.1) is 5.92 Å². The summed E-state index contributed by atoms with van der Waals surface area (Å²) in [6.45, 7) is 2.77. The van der Waals surface area contributed by atoms with Crippen molar-refractivity contribution in [3.05, 3.63) is 29.8 Å². The normalized spacial score (nSPS) is 17.0. The predicted molar refractivity (Wildman–Crippen MR) is 81.1 cm³/mol. The molecule has 1 aliphatic rings. The van der Waals surface area contributed by atoms with Crippen LogP contribution in [0.15, 0.2) is 24.3 Å². The zero-order chi connectivity index (χ0) is 17.9. The van der Waals surface area contributed by atoms with Crippen molar-refractivity contribution in [3.63, 3.8) is 0 Å². The van der Waals surface area contributed by atoms with E-state index in [0.717, 1.165) is 0 Å². The SMILES string of the molecule is COc1ccc(CC(=O)CC(=O)C2C(=O)OC(C)(C)OC2=O)cc1. The molecule has 7 nitrogen and oxygen atoms in total. The first-order valence-corrected chi connectivity index (χ1v) is 7.35. The number of esters is 2. The summed E-state index contributed by atoms with van der Waals surface area (Å²) in [6, 6.07) is 6.80. The standard InChI is InChI=1S/C17H18O7/c1-17(2)23-15(20)14(16(21)24-17)13(19)9-11(18)8-10-4-6-12(22-3)7-5-10/h4-7,14H,8-9H2,1-3H3. The van der Waals surface area contributed by atoms with Crippen molar-refractivity contribution in [3.8, 4) is 5.75 Å². The van der Waals surface area contributed by atoms with Gasteiger partial charge in [0.15, 0.2) is 5.78 Å². The maximum absolute atomic E-state index is 12.1. The van der Waals surface area contributed by atoms with E-state index in [9.17, 15) is 19.2 Å². The first-order valence-electron chi connectivity index (χ1n) is 7.35. The fourth-order valence-electron chi connectivity index (χ4n) is 2.31. The Labute approximate surface area is 138 Å². The van der Waals surface area contributed by atoms with Crippen molar-refractivity contribution in [2.45, 2.75) is 32.5 Å². The summed E-state index contributed by atoms with van der Waals surface area (Å²) in [4.78, 5) is 47.7. The molecule has 1 saturated heterocycles. The largest absolute Gasteiger partial charge is 0.497 e. The predicted octanol–water partition coefficient (Wildman–Crippen LogP) is 1.22. The Kier molecular flexibility index (Phi) is 5.02. The lowest BCUT2D eigenvalue weighted by molar-refractivity contribution is -0.238. The molecule has 1 aromatic carbocycles. The van der Waals surface area contributed by atoms with E-state index < -0.39 is 41.6 Å². The Morgan fingerprint density at radius 3 is 2.12 bits per heavy atom. The van der Waals surface area contributed by atoms with Crippen LogP contribution in [0.25, 0.3) is 0 Å². The van der Waals surface area contributed by atoms with Crippen LogP contribution >= 0.6 is 0 Å². The first kappa shape index (κ1) is 17.7. The highest BCUT2D eigenvalue weighted by Gasteiger charge is 2.47. The van der Waals surface area contributed by atoms with E-state index in [1.54, 1.807) is 24.3 Å². The third-order valence-electron chi connectivity index (χ3n) is 3.42. The van der Waals surface area contributed by atoms with Crippen LogP contribution < -0.4 is 4.74 Å². The number of Topliss-reactive ketones (excluding diaryl/α,β-unsaturated/α-hetero) is 2. The summed E-state index contributed by atoms with van der Waals surface area (Å²) in [7, 11) is 1.53. The number of methoxy groups -OCH3 is 1. The van der Waals surface area contributed by atoms with Crippen molar-refractivity contribution in [2.75, 3.05) is 7.11 Å². The van der Waals surface area contributed by atoms with Crippen molar-refractivity contribution >= 4 is 23.5 Å². The lowest BCUT2D eigenvalue weighted by Gasteiger charge is -2.32. The molecule has 128 valence electrons. The second kappa shape index (κ2) is 6.82. The number of benzene rings is 1. The second-order valence-corrected chi connectivity index (χ2v) is 5.88. The van der Waals surface area contributed by atoms with Crippen molar-refractivity contribution in [2.24, 2.45) is 5.92 Å². The molecule has 7 heteroatoms. The molecule has 0 N–H and O–H groups in total. The Hall–Kier alpha value is -2.70. The van der Waals surface area contributed by atoms with Crippen LogP contribution in [0.4, 0.5) is 0 Å². The van der Waals surface area contributed by atoms with Gasteiger partial charge in [0.25, 0.3) is 5.79 Å². The van der Waals surface area contributed by atoms with Gasteiger partial charge >= 0.3 is 11.9 Å². The number of cyclic esters (lactones) is 2. The molecule has 0 saturated carbocycles. The van der Waals surface area contributed by atoms with Gasteiger partial charge in [0.2, 0.25) is 5.92 Å². The zero-order valence-corrected chi connectivity index (χ0v) is 13.7. The van der Waals surface area contributed by atoms with E-state index in [1.165, 1.54) is 21.0 Å². The third-order valence-corrected chi connectivity index (χ3v) is 3.42. The molecule has 0 aromatic heterocycles. The number of rotatable bonds is 6. The number of ether oxygens (including phenoxy) is 3. The van der Waals surface area contributed by atoms with E-state index in [0.29, 0.717) is 11.3 Å². The molecule has 0 spiro atoms. The van der Waals surface area contributed by atoms with Gasteiger partial charge in [-0.25, -0.2) is 0 Å². The van der Waals surface area contributed by atoms with E-state index in [1.807, 2.05) is 0 Å². The number of carbonyl (C=O) groups excluding carboxylic acids is 4. The van der Waals surface area contributed by atoms with E-state index >= 15 is 0 Å². The van der Waals surface area contributed by atoms with Crippen molar-refractivity contribution in [1.82, 2.24) is 0 Å². The van der Waals surface area contributed by atoms with Crippen LogP contribution in [-0.4, -0.2) is 36.4 Å². The minimum atomic E-state index is -1.70. The summed E-state index contributed by atoms with van der Waals surface area (Å²) in [5, 5.41) is 0. The van der Waals surface area contributed by atoms with Gasteiger partial charge in [0.05, 0.1) is 13.5 Å². The minimum Gasteiger partial charge on any atom is -0.497 e. The molecular formula is C17H18O7. The second-order valence-electron chi connectivity index (χ2n) is 5.88. The third kappa shape index (κ3) is 4.18. The van der Waals surface area contributed by atoms with Gasteiger partial charge in [0, 0.05) is 20.3 Å². The van der Waals surface area contributed by atoms with Crippen LogP contribution in [0.1, 0.15) is 25.8 Å². The molecule has 1 heterocycles. The number of ketones is 2. The Morgan fingerprint density at radius 2 is 1.62 bits per heavy atom. The highest BCUT2D eigenvalue weighted by Crippen LogP contribution is 2.24. The highest BCUT2D eigenvalue weighted by molar-refractivity contribution is 6.19. The van der Waals surface area contributed by atoms with Gasteiger partial charge in [-0.1, -0.05) is 12.1 Å². The van der Waals surface area contributed by atoms with Gasteiger partial charge in [-0.3, -0.25) is 19.2 Å². The number of hydrogen-bond donors (Lipinski definition) is 0. The molecule has 0 radical (unpaired) electrons. The van der Waals surface area contributed by atoms with E-state index in [2.05, 4.69) is 0 Å². The van der Waals surface area contributed by atoms with Crippen molar-refractivity contribution < 1.29 is 33.4 Å². The highest BCUT2D eigenvalue weighted by atomic mass is 16.7.